The fourth-order valence-electron chi connectivity index (χ4n) is 0.582. The first-order valence-corrected chi connectivity index (χ1v) is 3.23. The van der Waals surface area contributed by atoms with Crippen LogP contribution in [0, 0.1) is 6.92 Å². The Labute approximate surface area is 65.2 Å². The molecular weight excluding hydrogens is 144 g/mol. The van der Waals surface area contributed by atoms with E-state index in [2.05, 4.69) is 9.97 Å². The van der Waals surface area contributed by atoms with Gasteiger partial charge in [-0.25, -0.2) is 9.97 Å². The molecule has 0 atom stereocenters. The van der Waals surface area contributed by atoms with Crippen LogP contribution in [0.3, 0.4) is 0 Å². The summed E-state index contributed by atoms with van der Waals surface area (Å²) in [6.07, 6.45) is 3.22. The average Bonchev–Trinajstić information content (AvgIpc) is 2.04. The first kappa shape index (κ1) is 7.94. The lowest BCUT2D eigenvalue weighted by Gasteiger charge is -2.02. The maximum Gasteiger partial charge on any atom is 0.188 e. The molecule has 4 nitrogen and oxygen atoms in total. The van der Waals surface area contributed by atoms with Crippen molar-refractivity contribution in [1.29, 1.82) is 0 Å². The highest BCUT2D eigenvalue weighted by atomic mass is 16.7. The van der Waals surface area contributed by atoms with E-state index in [4.69, 9.17) is 9.47 Å². The highest BCUT2D eigenvalue weighted by molar-refractivity contribution is 5.11. The van der Waals surface area contributed by atoms with Crippen LogP contribution in [0.5, 0.6) is 5.75 Å². The zero-order valence-corrected chi connectivity index (χ0v) is 6.57. The van der Waals surface area contributed by atoms with Crippen LogP contribution < -0.4 is 4.74 Å². The van der Waals surface area contributed by atoms with Gasteiger partial charge < -0.3 is 9.47 Å². The Kier molecular flexibility index (Phi) is 2.80. The third-order valence-corrected chi connectivity index (χ3v) is 1.10. The van der Waals surface area contributed by atoms with Gasteiger partial charge in [0.2, 0.25) is 0 Å². The summed E-state index contributed by atoms with van der Waals surface area (Å²) in [6, 6.07) is 0. The van der Waals surface area contributed by atoms with Crippen molar-refractivity contribution in [2.45, 2.75) is 6.92 Å². The maximum absolute atomic E-state index is 5.06. The van der Waals surface area contributed by atoms with E-state index < -0.39 is 0 Å². The molecule has 0 unspecified atom stereocenters. The maximum atomic E-state index is 5.06. The standard InChI is InChI=1S/C7H10N2O2/c1-6-8-3-7(4-9-6)11-5-10-2/h3-4H,5H2,1-2H3. The highest BCUT2D eigenvalue weighted by Gasteiger charge is 1.92. The molecule has 0 saturated heterocycles. The molecule has 0 bridgehead atoms. The van der Waals surface area contributed by atoms with Gasteiger partial charge in [0.15, 0.2) is 12.5 Å². The van der Waals surface area contributed by atoms with Gasteiger partial charge in [-0.15, -0.1) is 0 Å². The van der Waals surface area contributed by atoms with Gasteiger partial charge in [0.1, 0.15) is 5.82 Å². The molecule has 4 heteroatoms. The quantitative estimate of drug-likeness (QED) is 0.603. The monoisotopic (exact) mass is 154 g/mol. The van der Waals surface area contributed by atoms with Gasteiger partial charge in [0.05, 0.1) is 12.4 Å². The highest BCUT2D eigenvalue weighted by Crippen LogP contribution is 2.04. The van der Waals surface area contributed by atoms with Crippen molar-refractivity contribution < 1.29 is 9.47 Å². The van der Waals surface area contributed by atoms with Crippen LogP contribution in [-0.4, -0.2) is 23.9 Å². The number of methoxy groups -OCH3 is 1. The molecule has 0 amide bonds. The van der Waals surface area contributed by atoms with Crippen LogP contribution in [0.1, 0.15) is 5.82 Å². The Morgan fingerprint density at radius 2 is 2.00 bits per heavy atom. The van der Waals surface area contributed by atoms with E-state index in [1.807, 2.05) is 6.92 Å². The predicted molar refractivity (Wildman–Crippen MR) is 39.3 cm³/mol. The topological polar surface area (TPSA) is 44.2 Å². The molecule has 0 N–H and O–H groups in total. The molecule has 11 heavy (non-hydrogen) atoms. The minimum Gasteiger partial charge on any atom is -0.464 e. The van der Waals surface area contributed by atoms with E-state index in [1.165, 1.54) is 0 Å². The average molecular weight is 154 g/mol. The van der Waals surface area contributed by atoms with Crippen LogP contribution >= 0.6 is 0 Å². The number of ether oxygens (including phenoxy) is 2. The Morgan fingerprint density at radius 3 is 2.55 bits per heavy atom. The van der Waals surface area contributed by atoms with Crippen LogP contribution in [0.25, 0.3) is 0 Å². The minimum atomic E-state index is 0.229. The molecule has 0 aliphatic heterocycles. The molecule has 1 aromatic heterocycles. The lowest BCUT2D eigenvalue weighted by Crippen LogP contribution is -1.99. The number of hydrogen-bond donors (Lipinski definition) is 0. The van der Waals surface area contributed by atoms with Crippen LogP contribution in [0.2, 0.25) is 0 Å². The Hall–Kier alpha value is -1.16. The van der Waals surface area contributed by atoms with Crippen molar-refractivity contribution in [2.75, 3.05) is 13.9 Å². The molecule has 1 heterocycles. The Balaban J connectivity index is 2.52. The van der Waals surface area contributed by atoms with Gasteiger partial charge in [-0.2, -0.15) is 0 Å². The molecule has 60 valence electrons. The second kappa shape index (κ2) is 3.88. The van der Waals surface area contributed by atoms with Gasteiger partial charge in [0.25, 0.3) is 0 Å². The molecule has 0 fully saturated rings. The van der Waals surface area contributed by atoms with Crippen LogP contribution in [0.4, 0.5) is 0 Å². The van der Waals surface area contributed by atoms with E-state index in [0.29, 0.717) is 5.75 Å². The van der Waals surface area contributed by atoms with Crippen molar-refractivity contribution >= 4 is 0 Å². The zero-order chi connectivity index (χ0) is 8.10. The van der Waals surface area contributed by atoms with E-state index in [0.717, 1.165) is 5.82 Å². The summed E-state index contributed by atoms with van der Waals surface area (Å²) in [7, 11) is 1.56. The molecule has 0 aliphatic carbocycles. The summed E-state index contributed by atoms with van der Waals surface area (Å²) in [4.78, 5) is 7.88. The van der Waals surface area contributed by atoms with Gasteiger partial charge in [-0.1, -0.05) is 0 Å². The lowest BCUT2D eigenvalue weighted by molar-refractivity contribution is 0.0505. The summed E-state index contributed by atoms with van der Waals surface area (Å²) in [5.74, 6) is 1.35. The van der Waals surface area contributed by atoms with Gasteiger partial charge >= 0.3 is 0 Å². The Bertz CT molecular complexity index is 210. The second-order valence-electron chi connectivity index (χ2n) is 2.02. The summed E-state index contributed by atoms with van der Waals surface area (Å²) >= 11 is 0. The number of rotatable bonds is 3. The first-order valence-electron chi connectivity index (χ1n) is 3.23. The van der Waals surface area contributed by atoms with Gasteiger partial charge in [-0.05, 0) is 6.92 Å². The number of aryl methyl sites for hydroxylation is 1. The fraction of sp³-hybridized carbons (Fsp3) is 0.429. The summed E-state index contributed by atoms with van der Waals surface area (Å²) < 4.78 is 9.76. The second-order valence-corrected chi connectivity index (χ2v) is 2.02. The molecule has 0 radical (unpaired) electrons. The SMILES string of the molecule is COCOc1cnc(C)nc1. The van der Waals surface area contributed by atoms with E-state index in [-0.39, 0.29) is 6.79 Å². The van der Waals surface area contributed by atoms with E-state index in [9.17, 15) is 0 Å². The molecule has 0 spiro atoms. The summed E-state index contributed by atoms with van der Waals surface area (Å²) in [5, 5.41) is 0. The van der Waals surface area contributed by atoms with Crippen LogP contribution in [0.15, 0.2) is 12.4 Å². The summed E-state index contributed by atoms with van der Waals surface area (Å²) in [5.41, 5.74) is 0. The Morgan fingerprint density at radius 1 is 1.36 bits per heavy atom. The molecule has 0 saturated carbocycles. The van der Waals surface area contributed by atoms with Crippen LogP contribution in [-0.2, 0) is 4.74 Å². The van der Waals surface area contributed by atoms with Crippen molar-refractivity contribution in [2.24, 2.45) is 0 Å². The molecule has 0 aromatic carbocycles. The van der Waals surface area contributed by atoms with Crippen molar-refractivity contribution in [3.63, 3.8) is 0 Å². The van der Waals surface area contributed by atoms with E-state index in [1.54, 1.807) is 19.5 Å². The van der Waals surface area contributed by atoms with Gasteiger partial charge in [0, 0.05) is 7.11 Å². The van der Waals surface area contributed by atoms with Crippen molar-refractivity contribution in [3.05, 3.63) is 18.2 Å². The zero-order valence-electron chi connectivity index (χ0n) is 6.57. The summed E-state index contributed by atoms with van der Waals surface area (Å²) in [6.45, 7) is 2.05. The number of aromatic nitrogens is 2. The molecular formula is C7H10N2O2. The predicted octanol–water partition coefficient (Wildman–Crippen LogP) is 0.768. The van der Waals surface area contributed by atoms with Gasteiger partial charge in [-0.3, -0.25) is 0 Å². The smallest absolute Gasteiger partial charge is 0.188 e. The third kappa shape index (κ3) is 2.51. The molecule has 1 aromatic rings. The lowest BCUT2D eigenvalue weighted by atomic mass is 10.6. The first-order chi connectivity index (χ1) is 5.33. The van der Waals surface area contributed by atoms with E-state index >= 15 is 0 Å². The van der Waals surface area contributed by atoms with Crippen molar-refractivity contribution in [3.8, 4) is 5.75 Å². The third-order valence-electron chi connectivity index (χ3n) is 1.10. The number of nitrogens with zero attached hydrogens (tertiary/aromatic N) is 2. The van der Waals surface area contributed by atoms with Crippen molar-refractivity contribution in [1.82, 2.24) is 9.97 Å². The number of hydrogen-bond acceptors (Lipinski definition) is 4. The normalized spacial score (nSPS) is 9.64. The fourth-order valence-corrected chi connectivity index (χ4v) is 0.582. The largest absolute Gasteiger partial charge is 0.464 e. The molecule has 0 aliphatic rings. The molecule has 1 rings (SSSR count). The minimum absolute atomic E-state index is 0.229.